The van der Waals surface area contributed by atoms with E-state index in [0.717, 1.165) is 43.6 Å². The highest BCUT2D eigenvalue weighted by molar-refractivity contribution is 5.78. The lowest BCUT2D eigenvalue weighted by Gasteiger charge is -2.37. The van der Waals surface area contributed by atoms with Crippen LogP contribution in [0, 0.1) is 18.8 Å². The molecule has 0 spiro atoms. The number of nitrogens with one attached hydrogen (secondary N) is 1. The van der Waals surface area contributed by atoms with Crippen LogP contribution in [-0.2, 0) is 6.18 Å². The first-order chi connectivity index (χ1) is 16.3. The van der Waals surface area contributed by atoms with E-state index < -0.39 is 11.7 Å². The zero-order valence-electron chi connectivity index (χ0n) is 18.3. The average Bonchev–Trinajstić information content (AvgIpc) is 3.48. The lowest BCUT2D eigenvalue weighted by atomic mass is 9.92. The van der Waals surface area contributed by atoms with Crippen molar-refractivity contribution in [3.63, 3.8) is 0 Å². The smallest absolute Gasteiger partial charge is 0.349 e. The van der Waals surface area contributed by atoms with Crippen LogP contribution >= 0.6 is 0 Å². The van der Waals surface area contributed by atoms with Crippen LogP contribution < -0.4 is 10.2 Å². The highest BCUT2D eigenvalue weighted by Gasteiger charge is 2.43. The monoisotopic (exact) mass is 469 g/mol. The predicted molar refractivity (Wildman–Crippen MR) is 118 cm³/mol. The maximum Gasteiger partial charge on any atom is 0.416 e. The second-order valence-corrected chi connectivity index (χ2v) is 9.00. The third-order valence-corrected chi connectivity index (χ3v) is 6.80. The molecule has 1 saturated carbocycles. The molecular formula is C23H22F3N7O. The molecule has 1 unspecified atom stereocenters. The Hall–Kier alpha value is -3.63. The molecule has 34 heavy (non-hydrogen) atoms. The van der Waals surface area contributed by atoms with Crippen molar-refractivity contribution in [2.45, 2.75) is 32.0 Å². The molecule has 4 aromatic rings. The van der Waals surface area contributed by atoms with Crippen LogP contribution in [-0.4, -0.2) is 43.9 Å². The Morgan fingerprint density at radius 1 is 1.03 bits per heavy atom. The topological polar surface area (TPSA) is 84.4 Å². The number of halogens is 3. The standard InChI is InChI=1S/C23H22F3N7O/c1-13-27-22(34-31-13)32-11-15-4-5-16(12-32)19(15)28-21-29-20-18(3-2-10-33(20)30-21)14-6-8-17(9-7-14)23(24,25)26/h2-3,6-10,15-16,19H,4-5,11-12H2,1H3,(H,28,30)/t15-,16?,19-/m0/s1. The summed E-state index contributed by atoms with van der Waals surface area (Å²) in [6.07, 6.45) is -0.393. The summed E-state index contributed by atoms with van der Waals surface area (Å²) in [7, 11) is 0. The van der Waals surface area contributed by atoms with E-state index in [2.05, 4.69) is 25.5 Å². The maximum atomic E-state index is 12.9. The molecule has 1 aliphatic carbocycles. The van der Waals surface area contributed by atoms with Gasteiger partial charge >= 0.3 is 12.2 Å². The fourth-order valence-electron chi connectivity index (χ4n) is 5.21. The first kappa shape index (κ1) is 20.9. The Kier molecular flexibility index (Phi) is 4.75. The summed E-state index contributed by atoms with van der Waals surface area (Å²) in [5, 5.41) is 12.0. The van der Waals surface area contributed by atoms with Gasteiger partial charge in [0.05, 0.1) is 5.56 Å². The van der Waals surface area contributed by atoms with Crippen molar-refractivity contribution in [3.05, 3.63) is 54.0 Å². The highest BCUT2D eigenvalue weighted by Crippen LogP contribution is 2.40. The molecule has 11 heteroatoms. The number of fused-ring (bicyclic) bond motifs is 3. The van der Waals surface area contributed by atoms with Gasteiger partial charge in [0.2, 0.25) is 5.95 Å². The van der Waals surface area contributed by atoms with E-state index in [1.54, 1.807) is 10.7 Å². The quantitative estimate of drug-likeness (QED) is 0.473. The van der Waals surface area contributed by atoms with Crippen molar-refractivity contribution < 1.29 is 17.7 Å². The van der Waals surface area contributed by atoms with Gasteiger partial charge in [0, 0.05) is 30.9 Å². The third kappa shape index (κ3) is 3.64. The van der Waals surface area contributed by atoms with Crippen LogP contribution in [0.4, 0.5) is 25.1 Å². The second kappa shape index (κ2) is 7.71. The summed E-state index contributed by atoms with van der Waals surface area (Å²) in [5.74, 6) is 1.93. The molecule has 176 valence electrons. The van der Waals surface area contributed by atoms with E-state index in [1.807, 2.05) is 19.1 Å². The van der Waals surface area contributed by atoms with Crippen molar-refractivity contribution in [1.82, 2.24) is 24.7 Å². The van der Waals surface area contributed by atoms with Crippen molar-refractivity contribution in [1.29, 1.82) is 0 Å². The average molecular weight is 469 g/mol. The van der Waals surface area contributed by atoms with Crippen LogP contribution in [0.5, 0.6) is 0 Å². The zero-order chi connectivity index (χ0) is 23.4. The number of aromatic nitrogens is 5. The van der Waals surface area contributed by atoms with Crippen molar-refractivity contribution in [2.75, 3.05) is 23.3 Å². The number of nitrogens with zero attached hydrogens (tertiary/aromatic N) is 6. The summed E-state index contributed by atoms with van der Waals surface area (Å²) >= 11 is 0. The van der Waals surface area contributed by atoms with Gasteiger partial charge in [-0.15, -0.1) is 5.10 Å². The minimum Gasteiger partial charge on any atom is -0.349 e. The van der Waals surface area contributed by atoms with Crippen LogP contribution in [0.1, 0.15) is 24.2 Å². The molecule has 8 nitrogen and oxygen atoms in total. The zero-order valence-corrected chi connectivity index (χ0v) is 18.3. The van der Waals surface area contributed by atoms with Crippen molar-refractivity contribution in [3.8, 4) is 11.1 Å². The highest BCUT2D eigenvalue weighted by atomic mass is 19.4. The summed E-state index contributed by atoms with van der Waals surface area (Å²) in [5.41, 5.74) is 1.29. The van der Waals surface area contributed by atoms with Crippen LogP contribution in [0.2, 0.25) is 0 Å². The molecule has 0 radical (unpaired) electrons. The van der Waals surface area contributed by atoms with Crippen molar-refractivity contribution >= 4 is 17.6 Å². The van der Waals surface area contributed by atoms with Gasteiger partial charge in [-0.1, -0.05) is 17.3 Å². The molecule has 1 aliphatic heterocycles. The second-order valence-electron chi connectivity index (χ2n) is 9.00. The van der Waals surface area contributed by atoms with Gasteiger partial charge in [-0.05, 0) is 61.4 Å². The molecule has 3 aromatic heterocycles. The summed E-state index contributed by atoms with van der Waals surface area (Å²) in [6.45, 7) is 3.45. The molecule has 0 amide bonds. The number of rotatable bonds is 4. The first-order valence-electron chi connectivity index (χ1n) is 11.2. The Morgan fingerprint density at radius 2 is 1.76 bits per heavy atom. The number of anilines is 2. The summed E-state index contributed by atoms with van der Waals surface area (Å²) in [6, 6.07) is 9.56. The van der Waals surface area contributed by atoms with E-state index in [4.69, 9.17) is 9.51 Å². The number of alkyl halides is 3. The molecule has 3 atom stereocenters. The van der Waals surface area contributed by atoms with Crippen LogP contribution in [0.15, 0.2) is 47.1 Å². The van der Waals surface area contributed by atoms with Gasteiger partial charge in [0.15, 0.2) is 11.5 Å². The van der Waals surface area contributed by atoms with Crippen molar-refractivity contribution in [2.24, 2.45) is 11.8 Å². The fourth-order valence-corrected chi connectivity index (χ4v) is 5.21. The van der Waals surface area contributed by atoms with E-state index in [-0.39, 0.29) is 6.04 Å². The number of aryl methyl sites for hydroxylation is 1. The van der Waals surface area contributed by atoms with Gasteiger partial charge in [-0.2, -0.15) is 23.1 Å². The minimum absolute atomic E-state index is 0.229. The third-order valence-electron chi connectivity index (χ3n) is 6.80. The fraction of sp³-hybridized carbons (Fsp3) is 0.391. The molecule has 1 N–H and O–H groups in total. The Balaban J connectivity index is 1.24. The number of piperidine rings is 1. The summed E-state index contributed by atoms with van der Waals surface area (Å²) < 4.78 is 45.8. The van der Waals surface area contributed by atoms with Gasteiger partial charge in [0.1, 0.15) is 0 Å². The van der Waals surface area contributed by atoms with Gasteiger partial charge < -0.3 is 14.7 Å². The Bertz CT molecular complexity index is 1320. The van der Waals surface area contributed by atoms with Gasteiger partial charge in [0.25, 0.3) is 0 Å². The normalized spacial score (nSPS) is 22.5. The van der Waals surface area contributed by atoms with Gasteiger partial charge in [-0.3, -0.25) is 0 Å². The predicted octanol–water partition coefficient (Wildman–Crippen LogP) is 4.43. The number of benzene rings is 1. The van der Waals surface area contributed by atoms with E-state index in [9.17, 15) is 13.2 Å². The first-order valence-corrected chi connectivity index (χ1v) is 11.2. The van der Waals surface area contributed by atoms with E-state index in [1.165, 1.54) is 12.1 Å². The lowest BCUT2D eigenvalue weighted by molar-refractivity contribution is -0.137. The molecule has 2 fully saturated rings. The van der Waals surface area contributed by atoms with Crippen LogP contribution in [0.25, 0.3) is 16.8 Å². The number of hydrogen-bond donors (Lipinski definition) is 1. The molecule has 2 bridgehead atoms. The summed E-state index contributed by atoms with van der Waals surface area (Å²) in [4.78, 5) is 11.2. The Labute approximate surface area is 192 Å². The molecule has 1 saturated heterocycles. The van der Waals surface area contributed by atoms with E-state index >= 15 is 0 Å². The molecule has 2 aliphatic rings. The number of pyridine rings is 1. The molecule has 1 aromatic carbocycles. The Morgan fingerprint density at radius 3 is 2.41 bits per heavy atom. The molecular weight excluding hydrogens is 447 g/mol. The minimum atomic E-state index is -4.37. The van der Waals surface area contributed by atoms with Crippen LogP contribution in [0.3, 0.4) is 0 Å². The largest absolute Gasteiger partial charge is 0.416 e. The SMILES string of the molecule is Cc1noc(N2CC3CC[C@@H](C2)[C@@H]3Nc2nc3c(-c4ccc(C(F)(F)F)cc4)cccn3n2)n1. The molecule has 6 rings (SSSR count). The van der Waals surface area contributed by atoms with E-state index in [0.29, 0.717) is 40.8 Å². The maximum absolute atomic E-state index is 12.9. The molecule has 4 heterocycles. The lowest BCUT2D eigenvalue weighted by Crippen LogP contribution is -2.48. The number of hydrogen-bond acceptors (Lipinski definition) is 7. The van der Waals surface area contributed by atoms with Gasteiger partial charge in [-0.25, -0.2) is 4.52 Å².